The fourth-order valence-electron chi connectivity index (χ4n) is 1.37. The summed E-state index contributed by atoms with van der Waals surface area (Å²) in [5.74, 6) is 0. The summed E-state index contributed by atoms with van der Waals surface area (Å²) in [6, 6.07) is 2.02. The first-order valence-corrected chi connectivity index (χ1v) is 5.56. The molecule has 0 aliphatic heterocycles. The van der Waals surface area contributed by atoms with Crippen molar-refractivity contribution in [2.45, 2.75) is 37.5 Å². The Kier molecular flexibility index (Phi) is 3.41. The molecule has 2 nitrogen and oxygen atoms in total. The van der Waals surface area contributed by atoms with E-state index in [0.717, 1.165) is 24.2 Å². The lowest BCUT2D eigenvalue weighted by Crippen LogP contribution is -2.22. The molecule has 4 heteroatoms. The molecule has 0 aliphatic rings. The standard InChI is InChI=1S/C9H14BrClN2/c1-4-5-9(10,11)13-8(3)6-7(2)12-13/h6H,4-5H2,1-3H3. The Labute approximate surface area is 92.4 Å². The monoisotopic (exact) mass is 264 g/mol. The summed E-state index contributed by atoms with van der Waals surface area (Å²) in [6.07, 6.45) is 1.88. The third kappa shape index (κ3) is 2.47. The van der Waals surface area contributed by atoms with E-state index in [1.54, 1.807) is 0 Å². The smallest absolute Gasteiger partial charge is 0.190 e. The van der Waals surface area contributed by atoms with Crippen LogP contribution in [-0.2, 0) is 3.91 Å². The number of halogens is 2. The maximum absolute atomic E-state index is 6.30. The van der Waals surface area contributed by atoms with Gasteiger partial charge < -0.3 is 0 Å². The molecule has 0 aliphatic carbocycles. The van der Waals surface area contributed by atoms with Crippen LogP contribution < -0.4 is 0 Å². The highest BCUT2D eigenvalue weighted by Crippen LogP contribution is 2.35. The number of hydrogen-bond donors (Lipinski definition) is 0. The molecule has 1 aromatic rings. The van der Waals surface area contributed by atoms with E-state index in [1.165, 1.54) is 0 Å². The van der Waals surface area contributed by atoms with Gasteiger partial charge in [-0.2, -0.15) is 5.10 Å². The van der Waals surface area contributed by atoms with Crippen LogP contribution in [0.4, 0.5) is 0 Å². The van der Waals surface area contributed by atoms with Gasteiger partial charge in [-0.15, -0.1) is 0 Å². The van der Waals surface area contributed by atoms with Gasteiger partial charge in [0.2, 0.25) is 0 Å². The largest absolute Gasteiger partial charge is 0.238 e. The molecule has 74 valence electrons. The predicted octanol–water partition coefficient (Wildman–Crippen LogP) is 3.54. The van der Waals surface area contributed by atoms with E-state index in [0.29, 0.717) is 0 Å². The zero-order chi connectivity index (χ0) is 10.1. The summed E-state index contributed by atoms with van der Waals surface area (Å²) in [7, 11) is 0. The van der Waals surface area contributed by atoms with Crippen molar-refractivity contribution in [1.29, 1.82) is 0 Å². The number of aryl methyl sites for hydroxylation is 2. The Bertz CT molecular complexity index is 294. The van der Waals surface area contributed by atoms with Crippen LogP contribution in [-0.4, -0.2) is 9.78 Å². The number of hydrogen-bond acceptors (Lipinski definition) is 1. The fraction of sp³-hybridized carbons (Fsp3) is 0.667. The first-order chi connectivity index (χ1) is 5.97. The van der Waals surface area contributed by atoms with Crippen molar-refractivity contribution in [3.63, 3.8) is 0 Å². The van der Waals surface area contributed by atoms with Gasteiger partial charge in [-0.1, -0.05) is 24.9 Å². The molecule has 1 heterocycles. The summed E-state index contributed by atoms with van der Waals surface area (Å²) >= 11 is 9.78. The molecule has 0 radical (unpaired) electrons. The second-order valence-electron chi connectivity index (χ2n) is 3.25. The van der Waals surface area contributed by atoms with Crippen molar-refractivity contribution in [1.82, 2.24) is 9.78 Å². The highest BCUT2D eigenvalue weighted by molar-refractivity contribution is 9.10. The molecule has 0 bridgehead atoms. The van der Waals surface area contributed by atoms with Gasteiger partial charge in [-0.3, -0.25) is 0 Å². The van der Waals surface area contributed by atoms with E-state index in [4.69, 9.17) is 11.6 Å². The lowest BCUT2D eigenvalue weighted by atomic mass is 10.3. The summed E-state index contributed by atoms with van der Waals surface area (Å²) < 4.78 is 1.27. The molecular formula is C9H14BrClN2. The van der Waals surface area contributed by atoms with Crippen LogP contribution in [0.5, 0.6) is 0 Å². The van der Waals surface area contributed by atoms with Gasteiger partial charge in [0.25, 0.3) is 0 Å². The highest BCUT2D eigenvalue weighted by atomic mass is 79.9. The molecule has 0 spiro atoms. The van der Waals surface area contributed by atoms with Crippen LogP contribution in [0.1, 0.15) is 31.2 Å². The summed E-state index contributed by atoms with van der Waals surface area (Å²) in [5, 5.41) is 4.34. The SMILES string of the molecule is CCCC(Cl)(Br)n1nc(C)cc1C. The first kappa shape index (κ1) is 11.1. The van der Waals surface area contributed by atoms with E-state index in [9.17, 15) is 0 Å². The maximum Gasteiger partial charge on any atom is 0.190 e. The van der Waals surface area contributed by atoms with Gasteiger partial charge in [0.15, 0.2) is 3.91 Å². The Morgan fingerprint density at radius 3 is 2.62 bits per heavy atom. The number of aromatic nitrogens is 2. The molecule has 1 unspecified atom stereocenters. The van der Waals surface area contributed by atoms with Crippen molar-refractivity contribution in [2.24, 2.45) is 0 Å². The Hall–Kier alpha value is -0.0200. The van der Waals surface area contributed by atoms with Gasteiger partial charge in [-0.05, 0) is 42.3 Å². The van der Waals surface area contributed by atoms with E-state index in [-0.39, 0.29) is 0 Å². The second kappa shape index (κ2) is 4.01. The van der Waals surface area contributed by atoms with Gasteiger partial charge in [-0.25, -0.2) is 4.68 Å². The minimum Gasteiger partial charge on any atom is -0.238 e. The molecule has 0 fully saturated rings. The summed E-state index contributed by atoms with van der Waals surface area (Å²) in [6.45, 7) is 6.08. The Morgan fingerprint density at radius 2 is 2.23 bits per heavy atom. The third-order valence-electron chi connectivity index (χ3n) is 1.87. The summed E-state index contributed by atoms with van der Waals surface area (Å²) in [4.78, 5) is 0. The fourth-order valence-corrected chi connectivity index (χ4v) is 2.48. The van der Waals surface area contributed by atoms with Crippen molar-refractivity contribution in [3.05, 3.63) is 17.5 Å². The van der Waals surface area contributed by atoms with Crippen LogP contribution in [0.15, 0.2) is 6.07 Å². The van der Waals surface area contributed by atoms with Crippen LogP contribution in [0.3, 0.4) is 0 Å². The van der Waals surface area contributed by atoms with Crippen LogP contribution >= 0.6 is 27.5 Å². The number of nitrogens with zero attached hydrogens (tertiary/aromatic N) is 2. The lowest BCUT2D eigenvalue weighted by molar-refractivity contribution is 0.497. The van der Waals surface area contributed by atoms with Crippen LogP contribution in [0.2, 0.25) is 0 Å². The zero-order valence-corrected chi connectivity index (χ0v) is 10.5. The molecule has 1 aromatic heterocycles. The van der Waals surface area contributed by atoms with Crippen molar-refractivity contribution in [3.8, 4) is 0 Å². The van der Waals surface area contributed by atoms with Gasteiger partial charge in [0.1, 0.15) is 0 Å². The molecule has 0 aromatic carbocycles. The first-order valence-electron chi connectivity index (χ1n) is 4.39. The molecule has 0 saturated heterocycles. The van der Waals surface area contributed by atoms with Gasteiger partial charge in [0.05, 0.1) is 5.69 Å². The zero-order valence-electron chi connectivity index (χ0n) is 8.14. The highest BCUT2D eigenvalue weighted by Gasteiger charge is 2.26. The maximum atomic E-state index is 6.30. The van der Waals surface area contributed by atoms with Crippen LogP contribution in [0, 0.1) is 13.8 Å². The number of rotatable bonds is 3. The third-order valence-corrected chi connectivity index (χ3v) is 2.95. The van der Waals surface area contributed by atoms with E-state index < -0.39 is 3.91 Å². The van der Waals surface area contributed by atoms with Crippen molar-refractivity contribution >= 4 is 27.5 Å². The molecule has 0 amide bonds. The van der Waals surface area contributed by atoms with Gasteiger partial charge >= 0.3 is 0 Å². The molecular weight excluding hydrogens is 251 g/mol. The number of alkyl halides is 2. The topological polar surface area (TPSA) is 17.8 Å². The molecule has 0 saturated carbocycles. The Morgan fingerprint density at radius 1 is 1.62 bits per heavy atom. The van der Waals surface area contributed by atoms with Crippen molar-refractivity contribution < 1.29 is 0 Å². The average Bonchev–Trinajstić information content (AvgIpc) is 2.30. The van der Waals surface area contributed by atoms with E-state index >= 15 is 0 Å². The van der Waals surface area contributed by atoms with Crippen molar-refractivity contribution in [2.75, 3.05) is 0 Å². The predicted molar refractivity (Wildman–Crippen MR) is 59.4 cm³/mol. The van der Waals surface area contributed by atoms with E-state index in [1.807, 2.05) is 24.6 Å². The Balaban J connectivity index is 2.98. The van der Waals surface area contributed by atoms with E-state index in [2.05, 4.69) is 28.0 Å². The molecule has 1 atom stereocenters. The van der Waals surface area contributed by atoms with Gasteiger partial charge in [0, 0.05) is 5.69 Å². The molecule has 0 N–H and O–H groups in total. The minimum absolute atomic E-state index is 0.555. The average molecular weight is 266 g/mol. The van der Waals surface area contributed by atoms with Crippen LogP contribution in [0.25, 0.3) is 0 Å². The second-order valence-corrected chi connectivity index (χ2v) is 5.65. The quantitative estimate of drug-likeness (QED) is 0.764. The normalized spacial score (nSPS) is 15.8. The lowest BCUT2D eigenvalue weighted by Gasteiger charge is -2.21. The molecule has 13 heavy (non-hydrogen) atoms. The summed E-state index contributed by atoms with van der Waals surface area (Å²) in [5.41, 5.74) is 2.08. The minimum atomic E-state index is -0.555. The molecule has 1 rings (SSSR count).